The Morgan fingerprint density at radius 1 is 1.26 bits per heavy atom. The van der Waals surface area contributed by atoms with Crippen LogP contribution in [0.5, 0.6) is 0 Å². The molecule has 3 rings (SSSR count). The Morgan fingerprint density at radius 3 is 2.59 bits per heavy atom. The van der Waals surface area contributed by atoms with Gasteiger partial charge in [0.1, 0.15) is 0 Å². The lowest BCUT2D eigenvalue weighted by Crippen LogP contribution is -2.33. The highest BCUT2D eigenvalue weighted by atomic mass is 32.2. The lowest BCUT2D eigenvalue weighted by atomic mass is 9.93. The smallest absolute Gasteiger partial charge is 0.282 e. The molecular formula is C18H22F3N3O2S. The van der Waals surface area contributed by atoms with Crippen LogP contribution >= 0.6 is 0 Å². The number of nitrogens with zero attached hydrogens (tertiary/aromatic N) is 2. The van der Waals surface area contributed by atoms with Gasteiger partial charge in [-0.15, -0.1) is 0 Å². The average molecular weight is 401 g/mol. The second-order valence-electron chi connectivity index (χ2n) is 7.18. The van der Waals surface area contributed by atoms with Crippen molar-refractivity contribution in [3.63, 3.8) is 0 Å². The minimum atomic E-state index is -4.61. The molecule has 1 aromatic carbocycles. The maximum absolute atomic E-state index is 13.3. The fourth-order valence-electron chi connectivity index (χ4n) is 3.42. The lowest BCUT2D eigenvalue weighted by Gasteiger charge is -2.30. The van der Waals surface area contributed by atoms with Crippen LogP contribution in [0.25, 0.3) is 0 Å². The van der Waals surface area contributed by atoms with E-state index in [1.165, 1.54) is 17.4 Å². The highest BCUT2D eigenvalue weighted by Gasteiger charge is 2.36. The molecular weight excluding hydrogens is 379 g/mol. The number of alkyl halides is 3. The van der Waals surface area contributed by atoms with Crippen LogP contribution in [0, 0.1) is 0 Å². The molecule has 0 radical (unpaired) electrons. The molecule has 2 aromatic rings. The van der Waals surface area contributed by atoms with Crippen LogP contribution in [-0.4, -0.2) is 30.0 Å². The van der Waals surface area contributed by atoms with Crippen molar-refractivity contribution in [3.8, 4) is 0 Å². The van der Waals surface area contributed by atoms with Crippen molar-refractivity contribution in [1.82, 2.24) is 14.5 Å². The minimum absolute atomic E-state index is 0.235. The number of hydrogen-bond donors (Lipinski definition) is 1. The predicted octanol–water partition coefficient (Wildman–Crippen LogP) is 4.25. The molecule has 1 aliphatic rings. The summed E-state index contributed by atoms with van der Waals surface area (Å²) in [6.45, 7) is 3.46. The third kappa shape index (κ3) is 3.75. The number of hydrogen-bond acceptors (Lipinski definition) is 3. The molecule has 1 aliphatic carbocycles. The van der Waals surface area contributed by atoms with Crippen LogP contribution in [0.3, 0.4) is 0 Å². The highest BCUT2D eigenvalue weighted by molar-refractivity contribution is 7.89. The Hall–Kier alpha value is -1.87. The fourth-order valence-corrected chi connectivity index (χ4v) is 4.86. The van der Waals surface area contributed by atoms with E-state index in [9.17, 15) is 21.6 Å². The maximum atomic E-state index is 13.3. The first-order chi connectivity index (χ1) is 12.5. The first-order valence-electron chi connectivity index (χ1n) is 8.74. The van der Waals surface area contributed by atoms with Gasteiger partial charge in [-0.1, -0.05) is 13.8 Å². The first-order valence-corrected chi connectivity index (χ1v) is 10.2. The van der Waals surface area contributed by atoms with Crippen molar-refractivity contribution in [2.75, 3.05) is 7.05 Å². The van der Waals surface area contributed by atoms with Crippen LogP contribution in [0.4, 0.5) is 13.2 Å². The summed E-state index contributed by atoms with van der Waals surface area (Å²) in [6, 6.07) is 2.62. The first kappa shape index (κ1) is 19.9. The summed E-state index contributed by atoms with van der Waals surface area (Å²) in [4.78, 5) is -0.334. The highest BCUT2D eigenvalue weighted by Crippen LogP contribution is 2.38. The molecule has 0 fully saturated rings. The summed E-state index contributed by atoms with van der Waals surface area (Å²) in [5.74, 6) is -0.235. The molecule has 0 saturated carbocycles. The van der Waals surface area contributed by atoms with Gasteiger partial charge < -0.3 is 0 Å². The topological polar surface area (TPSA) is 66.1 Å². The van der Waals surface area contributed by atoms with Gasteiger partial charge in [0.05, 0.1) is 22.7 Å². The van der Waals surface area contributed by atoms with Gasteiger partial charge in [0.2, 0.25) is 10.0 Å². The molecule has 0 bridgehead atoms. The molecule has 1 N–H and O–H groups in total. The molecule has 5 nitrogen and oxygen atoms in total. The summed E-state index contributed by atoms with van der Waals surface area (Å²) in [7, 11) is -2.69. The fraction of sp³-hybridized carbons (Fsp3) is 0.500. The lowest BCUT2D eigenvalue weighted by molar-refractivity contribution is -0.137. The third-order valence-corrected chi connectivity index (χ3v) is 6.90. The molecule has 0 aliphatic heterocycles. The van der Waals surface area contributed by atoms with E-state index in [4.69, 9.17) is 0 Å². The maximum Gasteiger partial charge on any atom is 0.416 e. The summed E-state index contributed by atoms with van der Waals surface area (Å²) in [6.07, 6.45) is -0.869. The van der Waals surface area contributed by atoms with Gasteiger partial charge in [-0.25, -0.2) is 8.42 Å². The number of rotatable bonds is 4. The Kier molecular flexibility index (Phi) is 5.11. The zero-order chi connectivity index (χ0) is 20.0. The zero-order valence-electron chi connectivity index (χ0n) is 15.3. The van der Waals surface area contributed by atoms with E-state index >= 15 is 0 Å². The van der Waals surface area contributed by atoms with Crippen molar-refractivity contribution in [2.45, 2.75) is 56.1 Å². The van der Waals surface area contributed by atoms with Gasteiger partial charge >= 0.3 is 6.18 Å². The molecule has 0 spiro atoms. The van der Waals surface area contributed by atoms with Crippen molar-refractivity contribution < 1.29 is 21.6 Å². The summed E-state index contributed by atoms with van der Waals surface area (Å²) < 4.78 is 67.3. The minimum Gasteiger partial charge on any atom is -0.282 e. The number of aryl methyl sites for hydroxylation is 1. The van der Waals surface area contributed by atoms with Crippen molar-refractivity contribution in [3.05, 3.63) is 46.8 Å². The Balaban J connectivity index is 2.06. The van der Waals surface area contributed by atoms with Gasteiger partial charge in [-0.05, 0) is 48.9 Å². The number of nitrogens with one attached hydrogen (secondary N) is 1. The van der Waals surface area contributed by atoms with Crippen LogP contribution < -0.4 is 0 Å². The summed E-state index contributed by atoms with van der Waals surface area (Å²) in [5.41, 5.74) is 1.04. The van der Waals surface area contributed by atoms with Crippen molar-refractivity contribution in [1.29, 1.82) is 0 Å². The van der Waals surface area contributed by atoms with Gasteiger partial charge in [-0.3, -0.25) is 5.10 Å². The quantitative estimate of drug-likeness (QED) is 0.833. The molecule has 9 heteroatoms. The van der Waals surface area contributed by atoms with E-state index in [-0.39, 0.29) is 10.8 Å². The Morgan fingerprint density at radius 2 is 1.96 bits per heavy atom. The van der Waals surface area contributed by atoms with Crippen LogP contribution in [0.2, 0.25) is 0 Å². The normalized spacial score (nSPS) is 18.1. The van der Waals surface area contributed by atoms with Gasteiger partial charge in [0.25, 0.3) is 0 Å². The number of aromatic amines is 1. The van der Waals surface area contributed by atoms with Gasteiger partial charge in [-0.2, -0.15) is 22.6 Å². The van der Waals surface area contributed by atoms with E-state index in [0.717, 1.165) is 36.2 Å². The number of benzene rings is 1. The molecule has 27 heavy (non-hydrogen) atoms. The predicted molar refractivity (Wildman–Crippen MR) is 94.7 cm³/mol. The van der Waals surface area contributed by atoms with Gasteiger partial charge in [0, 0.05) is 18.3 Å². The van der Waals surface area contributed by atoms with Crippen molar-refractivity contribution >= 4 is 10.0 Å². The Labute approximate surface area is 156 Å². The molecule has 148 valence electrons. The molecule has 0 amide bonds. The second-order valence-corrected chi connectivity index (χ2v) is 9.17. The second kappa shape index (κ2) is 6.94. The van der Waals surface area contributed by atoms with E-state index in [0.29, 0.717) is 12.0 Å². The van der Waals surface area contributed by atoms with Crippen molar-refractivity contribution in [2.24, 2.45) is 0 Å². The number of sulfonamides is 1. The molecule has 1 aromatic heterocycles. The molecule has 1 atom stereocenters. The average Bonchev–Trinajstić information content (AvgIpc) is 3.08. The van der Waals surface area contributed by atoms with Crippen LogP contribution in [0.15, 0.2) is 29.3 Å². The largest absolute Gasteiger partial charge is 0.416 e. The van der Waals surface area contributed by atoms with E-state index in [2.05, 4.69) is 10.2 Å². The van der Waals surface area contributed by atoms with Crippen LogP contribution in [0.1, 0.15) is 61.0 Å². The SMILES string of the molecule is CC(C)c1cc(C(F)(F)F)cc(S(=O)(=O)N(C)[C@@H]2CCCc3[nH]ncc32)c1. The Bertz CT molecular complexity index is 936. The third-order valence-electron chi connectivity index (χ3n) is 5.05. The van der Waals surface area contributed by atoms with Crippen LogP contribution in [-0.2, 0) is 22.6 Å². The van der Waals surface area contributed by atoms with E-state index in [1.807, 2.05) is 0 Å². The number of H-pyrrole nitrogens is 1. The molecule has 0 unspecified atom stereocenters. The zero-order valence-corrected chi connectivity index (χ0v) is 16.2. The van der Waals surface area contributed by atoms with E-state index in [1.54, 1.807) is 20.0 Å². The molecule has 0 saturated heterocycles. The summed E-state index contributed by atoms with van der Waals surface area (Å²) in [5, 5.41) is 6.85. The number of fused-ring (bicyclic) bond motifs is 1. The number of halogens is 3. The monoisotopic (exact) mass is 401 g/mol. The standard InChI is InChI=1S/C18H22F3N3O2S/c1-11(2)12-7-13(18(19,20)21)9-14(8-12)27(25,26)24(3)17-6-4-5-16-15(17)10-22-23-16/h7-11,17H,4-6H2,1-3H3,(H,22,23)/t17-/m1/s1. The number of aromatic nitrogens is 2. The summed E-state index contributed by atoms with van der Waals surface area (Å²) >= 11 is 0. The molecule has 1 heterocycles. The van der Waals surface area contributed by atoms with Gasteiger partial charge in [0.15, 0.2) is 0 Å². The van der Waals surface area contributed by atoms with E-state index < -0.39 is 27.8 Å².